The second-order valence-electron chi connectivity index (χ2n) is 6.08. The van der Waals surface area contributed by atoms with Crippen LogP contribution in [-0.2, 0) is 4.79 Å². The van der Waals surface area contributed by atoms with Gasteiger partial charge in [0, 0.05) is 17.3 Å². The molecule has 28 heavy (non-hydrogen) atoms. The molecule has 3 rings (SSSR count). The Bertz CT molecular complexity index is 1120. The van der Waals surface area contributed by atoms with Crippen molar-refractivity contribution in [2.75, 3.05) is 5.32 Å². The highest BCUT2D eigenvalue weighted by molar-refractivity contribution is 6.09. The van der Waals surface area contributed by atoms with Crippen molar-refractivity contribution >= 4 is 23.6 Å². The summed E-state index contributed by atoms with van der Waals surface area (Å²) in [6.07, 6.45) is 1.34. The van der Waals surface area contributed by atoms with Crippen LogP contribution in [0.25, 0.3) is 17.4 Å². The number of nitrogens with zero attached hydrogens (tertiary/aromatic N) is 1. The van der Waals surface area contributed by atoms with Crippen LogP contribution in [0.1, 0.15) is 21.7 Å². The van der Waals surface area contributed by atoms with Gasteiger partial charge in [0.2, 0.25) is 0 Å². The minimum atomic E-state index is -1.03. The Morgan fingerprint density at radius 1 is 1.11 bits per heavy atom. The minimum Gasteiger partial charge on any atom is -0.478 e. The number of benzene rings is 2. The average Bonchev–Trinajstić information content (AvgIpc) is 3.15. The van der Waals surface area contributed by atoms with Crippen molar-refractivity contribution in [3.63, 3.8) is 0 Å². The highest BCUT2D eigenvalue weighted by Crippen LogP contribution is 2.24. The first kappa shape index (κ1) is 18.7. The largest absolute Gasteiger partial charge is 0.478 e. The van der Waals surface area contributed by atoms with Crippen LogP contribution in [0.5, 0.6) is 0 Å². The number of carbonyl (C=O) groups is 2. The standard InChI is InChI=1S/C22H16N2O4/c1-14-4-2-7-18(10-14)24-21(25)17(13-23)12-19-8-9-20(28-19)15-5-3-6-16(11-15)22(26)27/h2-12H,1H3,(H,24,25)(H,26,27). The van der Waals surface area contributed by atoms with Crippen molar-refractivity contribution in [2.24, 2.45) is 0 Å². The molecule has 138 valence electrons. The van der Waals surface area contributed by atoms with Gasteiger partial charge in [-0.05, 0) is 48.9 Å². The third-order valence-corrected chi connectivity index (χ3v) is 3.95. The van der Waals surface area contributed by atoms with Crippen molar-refractivity contribution < 1.29 is 19.1 Å². The van der Waals surface area contributed by atoms with Crippen LogP contribution in [0.4, 0.5) is 5.69 Å². The second-order valence-corrected chi connectivity index (χ2v) is 6.08. The first-order valence-electron chi connectivity index (χ1n) is 8.39. The molecule has 6 heteroatoms. The van der Waals surface area contributed by atoms with E-state index in [0.717, 1.165) is 5.56 Å². The van der Waals surface area contributed by atoms with Gasteiger partial charge in [0.05, 0.1) is 5.56 Å². The molecule has 1 heterocycles. The molecule has 0 unspecified atom stereocenters. The number of aromatic carboxylic acids is 1. The molecule has 2 N–H and O–H groups in total. The van der Waals surface area contributed by atoms with E-state index < -0.39 is 11.9 Å². The predicted octanol–water partition coefficient (Wildman–Crippen LogP) is 4.50. The monoisotopic (exact) mass is 372 g/mol. The summed E-state index contributed by atoms with van der Waals surface area (Å²) in [5, 5.41) is 21.1. The summed E-state index contributed by atoms with van der Waals surface area (Å²) in [6, 6.07) is 18.7. The van der Waals surface area contributed by atoms with Gasteiger partial charge in [0.1, 0.15) is 23.2 Å². The maximum atomic E-state index is 12.3. The number of carboxylic acid groups (broad SMARTS) is 1. The average molecular weight is 372 g/mol. The number of nitriles is 1. The summed E-state index contributed by atoms with van der Waals surface area (Å²) in [6.45, 7) is 1.90. The molecule has 0 saturated heterocycles. The highest BCUT2D eigenvalue weighted by Gasteiger charge is 2.12. The maximum absolute atomic E-state index is 12.3. The fourth-order valence-electron chi connectivity index (χ4n) is 2.60. The lowest BCUT2D eigenvalue weighted by Gasteiger charge is -2.04. The molecule has 0 aliphatic rings. The number of aryl methyl sites for hydroxylation is 1. The summed E-state index contributed by atoms with van der Waals surface area (Å²) >= 11 is 0. The number of furan rings is 1. The summed E-state index contributed by atoms with van der Waals surface area (Å²) in [7, 11) is 0. The Morgan fingerprint density at radius 3 is 2.61 bits per heavy atom. The molecule has 1 amide bonds. The van der Waals surface area contributed by atoms with Gasteiger partial charge >= 0.3 is 5.97 Å². The van der Waals surface area contributed by atoms with Crippen molar-refractivity contribution in [2.45, 2.75) is 6.92 Å². The molecule has 0 radical (unpaired) electrons. The zero-order chi connectivity index (χ0) is 20.1. The van der Waals surface area contributed by atoms with Crippen LogP contribution in [-0.4, -0.2) is 17.0 Å². The molecule has 3 aromatic rings. The van der Waals surface area contributed by atoms with Gasteiger partial charge in [-0.1, -0.05) is 24.3 Å². The van der Waals surface area contributed by atoms with Gasteiger partial charge in [-0.2, -0.15) is 5.26 Å². The molecular weight excluding hydrogens is 356 g/mol. The number of rotatable bonds is 5. The van der Waals surface area contributed by atoms with Crippen LogP contribution in [0, 0.1) is 18.3 Å². The van der Waals surface area contributed by atoms with E-state index in [0.29, 0.717) is 22.8 Å². The smallest absolute Gasteiger partial charge is 0.335 e. The Labute approximate surface area is 161 Å². The van der Waals surface area contributed by atoms with Gasteiger partial charge in [0.25, 0.3) is 5.91 Å². The van der Waals surface area contributed by atoms with E-state index in [1.54, 1.807) is 36.4 Å². The molecular formula is C22H16N2O4. The van der Waals surface area contributed by atoms with Gasteiger partial charge in [-0.3, -0.25) is 4.79 Å². The first-order chi connectivity index (χ1) is 13.5. The molecule has 1 aromatic heterocycles. The second kappa shape index (κ2) is 8.06. The number of hydrogen-bond acceptors (Lipinski definition) is 4. The van der Waals surface area contributed by atoms with Crippen LogP contribution in [0.15, 0.2) is 70.7 Å². The number of carbonyl (C=O) groups excluding carboxylic acids is 1. The lowest BCUT2D eigenvalue weighted by molar-refractivity contribution is -0.112. The van der Waals surface area contributed by atoms with Crippen LogP contribution < -0.4 is 5.32 Å². The zero-order valence-corrected chi connectivity index (χ0v) is 15.0. The topological polar surface area (TPSA) is 103 Å². The molecule has 2 aromatic carbocycles. The quantitative estimate of drug-likeness (QED) is 0.507. The highest BCUT2D eigenvalue weighted by atomic mass is 16.4. The van der Waals surface area contributed by atoms with E-state index in [1.165, 1.54) is 18.2 Å². The van der Waals surface area contributed by atoms with Crippen LogP contribution in [0.2, 0.25) is 0 Å². The van der Waals surface area contributed by atoms with E-state index in [1.807, 2.05) is 25.1 Å². The van der Waals surface area contributed by atoms with Crippen LogP contribution >= 0.6 is 0 Å². The molecule has 0 atom stereocenters. The Kier molecular flexibility index (Phi) is 5.38. The molecule has 6 nitrogen and oxygen atoms in total. The van der Waals surface area contributed by atoms with Crippen LogP contribution in [0.3, 0.4) is 0 Å². The van der Waals surface area contributed by atoms with Crippen molar-refractivity contribution in [3.05, 3.63) is 83.1 Å². The lowest BCUT2D eigenvalue weighted by atomic mass is 10.1. The summed E-state index contributed by atoms with van der Waals surface area (Å²) in [4.78, 5) is 23.4. The van der Waals surface area contributed by atoms with E-state index in [-0.39, 0.29) is 11.1 Å². The van der Waals surface area contributed by atoms with E-state index >= 15 is 0 Å². The van der Waals surface area contributed by atoms with Gasteiger partial charge in [0.15, 0.2) is 0 Å². The zero-order valence-electron chi connectivity index (χ0n) is 15.0. The Morgan fingerprint density at radius 2 is 1.89 bits per heavy atom. The summed E-state index contributed by atoms with van der Waals surface area (Å²) in [5.74, 6) is -0.829. The molecule has 0 bridgehead atoms. The molecule has 0 saturated carbocycles. The van der Waals surface area contributed by atoms with Crippen molar-refractivity contribution in [1.82, 2.24) is 0 Å². The number of carboxylic acids is 1. The number of nitrogens with one attached hydrogen (secondary N) is 1. The molecule has 0 aliphatic heterocycles. The normalized spacial score (nSPS) is 10.9. The van der Waals surface area contributed by atoms with Gasteiger partial charge < -0.3 is 14.8 Å². The SMILES string of the molecule is Cc1cccc(NC(=O)C(C#N)=Cc2ccc(-c3cccc(C(=O)O)c3)o2)c1. The summed E-state index contributed by atoms with van der Waals surface area (Å²) in [5.41, 5.74) is 2.20. The fourth-order valence-corrected chi connectivity index (χ4v) is 2.60. The summed E-state index contributed by atoms with van der Waals surface area (Å²) < 4.78 is 5.66. The number of anilines is 1. The minimum absolute atomic E-state index is 0.110. The molecule has 0 fully saturated rings. The number of amides is 1. The third kappa shape index (κ3) is 4.34. The third-order valence-electron chi connectivity index (χ3n) is 3.95. The van der Waals surface area contributed by atoms with E-state index in [9.17, 15) is 14.9 Å². The Hall–Kier alpha value is -4.11. The van der Waals surface area contributed by atoms with E-state index in [4.69, 9.17) is 9.52 Å². The molecule has 0 spiro atoms. The van der Waals surface area contributed by atoms with Crippen molar-refractivity contribution in [3.8, 4) is 17.4 Å². The maximum Gasteiger partial charge on any atom is 0.335 e. The van der Waals surface area contributed by atoms with Crippen molar-refractivity contribution in [1.29, 1.82) is 5.26 Å². The lowest BCUT2D eigenvalue weighted by Crippen LogP contribution is -2.13. The fraction of sp³-hybridized carbons (Fsp3) is 0.0455. The van der Waals surface area contributed by atoms with E-state index in [2.05, 4.69) is 5.32 Å². The van der Waals surface area contributed by atoms with Gasteiger partial charge in [-0.25, -0.2) is 4.79 Å². The predicted molar refractivity (Wildman–Crippen MR) is 105 cm³/mol. The molecule has 0 aliphatic carbocycles. The van der Waals surface area contributed by atoms with Gasteiger partial charge in [-0.15, -0.1) is 0 Å². The number of hydrogen-bond donors (Lipinski definition) is 2. The first-order valence-corrected chi connectivity index (χ1v) is 8.39. The Balaban J connectivity index is 1.82.